The molecule has 0 unspecified atom stereocenters. The standard InChI is InChI=1S/C12H14O5/c1-16-12(15)3-2-6-17-11-7-10(14)5-4-9(11)8-13/h4-5,7-8,14H,2-3,6H2,1H3. The van der Waals surface area contributed by atoms with Gasteiger partial charge in [0.15, 0.2) is 6.29 Å². The van der Waals surface area contributed by atoms with Gasteiger partial charge in [-0.2, -0.15) is 0 Å². The summed E-state index contributed by atoms with van der Waals surface area (Å²) in [5, 5.41) is 9.25. The van der Waals surface area contributed by atoms with E-state index in [2.05, 4.69) is 4.74 Å². The zero-order chi connectivity index (χ0) is 12.7. The lowest BCUT2D eigenvalue weighted by Gasteiger charge is -2.08. The maximum absolute atomic E-state index is 10.8. The minimum atomic E-state index is -0.305. The number of ether oxygens (including phenoxy) is 2. The van der Waals surface area contributed by atoms with Crippen LogP contribution in [0, 0.1) is 0 Å². The average Bonchev–Trinajstić information content (AvgIpc) is 2.34. The van der Waals surface area contributed by atoms with Crippen molar-refractivity contribution >= 4 is 12.3 Å². The van der Waals surface area contributed by atoms with Gasteiger partial charge in [0.2, 0.25) is 0 Å². The number of carbonyl (C=O) groups excluding carboxylic acids is 2. The number of carbonyl (C=O) groups is 2. The van der Waals surface area contributed by atoms with Crippen LogP contribution >= 0.6 is 0 Å². The summed E-state index contributed by atoms with van der Waals surface area (Å²) in [5.41, 5.74) is 0.362. The van der Waals surface area contributed by atoms with Gasteiger partial charge in [-0.15, -0.1) is 0 Å². The molecule has 1 N–H and O–H groups in total. The summed E-state index contributed by atoms with van der Waals surface area (Å²) in [4.78, 5) is 21.5. The van der Waals surface area contributed by atoms with Crippen LogP contribution in [0.1, 0.15) is 23.2 Å². The van der Waals surface area contributed by atoms with E-state index in [9.17, 15) is 14.7 Å². The summed E-state index contributed by atoms with van der Waals surface area (Å²) >= 11 is 0. The molecule has 0 amide bonds. The molecule has 1 rings (SSSR count). The van der Waals surface area contributed by atoms with Gasteiger partial charge in [0.25, 0.3) is 0 Å². The van der Waals surface area contributed by atoms with Gasteiger partial charge in [0.05, 0.1) is 19.3 Å². The van der Waals surface area contributed by atoms with Crippen LogP contribution in [0.2, 0.25) is 0 Å². The van der Waals surface area contributed by atoms with E-state index >= 15 is 0 Å². The summed E-state index contributed by atoms with van der Waals surface area (Å²) < 4.78 is 9.78. The third kappa shape index (κ3) is 4.14. The number of phenolic OH excluding ortho intramolecular Hbond substituents is 1. The quantitative estimate of drug-likeness (QED) is 0.462. The maximum atomic E-state index is 10.8. The highest BCUT2D eigenvalue weighted by Gasteiger charge is 2.05. The highest BCUT2D eigenvalue weighted by atomic mass is 16.5. The molecule has 1 aromatic rings. The van der Waals surface area contributed by atoms with E-state index < -0.39 is 0 Å². The molecule has 0 saturated heterocycles. The zero-order valence-electron chi connectivity index (χ0n) is 9.51. The molecule has 0 saturated carbocycles. The monoisotopic (exact) mass is 238 g/mol. The van der Waals surface area contributed by atoms with Crippen LogP contribution in [0.5, 0.6) is 11.5 Å². The minimum Gasteiger partial charge on any atom is -0.508 e. The van der Waals surface area contributed by atoms with Crippen LogP contribution in [-0.2, 0) is 9.53 Å². The van der Waals surface area contributed by atoms with Crippen molar-refractivity contribution in [3.05, 3.63) is 23.8 Å². The van der Waals surface area contributed by atoms with Gasteiger partial charge in [-0.05, 0) is 18.6 Å². The van der Waals surface area contributed by atoms with E-state index in [1.807, 2.05) is 0 Å². The molecule has 0 atom stereocenters. The summed E-state index contributed by atoms with van der Waals surface area (Å²) in [6, 6.07) is 4.24. The van der Waals surface area contributed by atoms with E-state index in [-0.39, 0.29) is 24.7 Å². The Morgan fingerprint density at radius 3 is 2.88 bits per heavy atom. The molecule has 1 aromatic carbocycles. The number of benzene rings is 1. The lowest BCUT2D eigenvalue weighted by atomic mass is 10.2. The molecule has 0 aromatic heterocycles. The maximum Gasteiger partial charge on any atom is 0.305 e. The molecule has 17 heavy (non-hydrogen) atoms. The number of hydrogen-bond donors (Lipinski definition) is 1. The summed E-state index contributed by atoms with van der Waals surface area (Å²) in [6.07, 6.45) is 1.39. The molecule has 0 spiro atoms. The Balaban J connectivity index is 2.48. The van der Waals surface area contributed by atoms with Gasteiger partial charge in [-0.1, -0.05) is 0 Å². The second-order valence-electron chi connectivity index (χ2n) is 3.37. The lowest BCUT2D eigenvalue weighted by molar-refractivity contribution is -0.140. The highest BCUT2D eigenvalue weighted by molar-refractivity contribution is 5.79. The number of hydrogen-bond acceptors (Lipinski definition) is 5. The van der Waals surface area contributed by atoms with Crippen molar-refractivity contribution in [3.63, 3.8) is 0 Å². The van der Waals surface area contributed by atoms with Crippen LogP contribution in [-0.4, -0.2) is 31.1 Å². The predicted octanol–water partition coefficient (Wildman–Crippen LogP) is 1.54. The number of methoxy groups -OCH3 is 1. The molecule has 5 heteroatoms. The second kappa shape index (κ2) is 6.52. The molecule has 0 heterocycles. The molecule has 0 radical (unpaired) electrons. The van der Waals surface area contributed by atoms with Crippen molar-refractivity contribution in [1.29, 1.82) is 0 Å². The predicted molar refractivity (Wildman–Crippen MR) is 60.2 cm³/mol. The van der Waals surface area contributed by atoms with E-state index in [1.54, 1.807) is 0 Å². The van der Waals surface area contributed by atoms with Crippen LogP contribution in [0.25, 0.3) is 0 Å². The Morgan fingerprint density at radius 1 is 1.47 bits per heavy atom. The van der Waals surface area contributed by atoms with Crippen molar-refractivity contribution in [2.24, 2.45) is 0 Å². The minimum absolute atomic E-state index is 0.0265. The summed E-state index contributed by atoms with van der Waals surface area (Å²) in [5.74, 6) is 0.0311. The molecule has 0 aliphatic rings. The number of aromatic hydroxyl groups is 1. The molecular weight excluding hydrogens is 224 g/mol. The third-order valence-electron chi connectivity index (χ3n) is 2.13. The van der Waals surface area contributed by atoms with E-state index in [0.717, 1.165) is 0 Å². The first-order valence-corrected chi connectivity index (χ1v) is 5.15. The van der Waals surface area contributed by atoms with Gasteiger partial charge in [-0.3, -0.25) is 9.59 Å². The topological polar surface area (TPSA) is 72.8 Å². The Bertz CT molecular complexity index is 400. The van der Waals surface area contributed by atoms with Crippen molar-refractivity contribution < 1.29 is 24.2 Å². The van der Waals surface area contributed by atoms with Crippen molar-refractivity contribution in [2.75, 3.05) is 13.7 Å². The molecule has 0 aliphatic heterocycles. The van der Waals surface area contributed by atoms with Crippen molar-refractivity contribution in [1.82, 2.24) is 0 Å². The molecule has 0 fully saturated rings. The van der Waals surface area contributed by atoms with Crippen LogP contribution < -0.4 is 4.74 Å². The Hall–Kier alpha value is -2.04. The van der Waals surface area contributed by atoms with E-state index in [0.29, 0.717) is 24.0 Å². The van der Waals surface area contributed by atoms with Gasteiger partial charge >= 0.3 is 5.97 Å². The lowest BCUT2D eigenvalue weighted by Crippen LogP contribution is -2.05. The first-order chi connectivity index (χ1) is 8.17. The normalized spacial score (nSPS) is 9.71. The molecule has 92 valence electrons. The largest absolute Gasteiger partial charge is 0.508 e. The summed E-state index contributed by atoms with van der Waals surface area (Å²) in [6.45, 7) is 0.277. The smallest absolute Gasteiger partial charge is 0.305 e. The Morgan fingerprint density at radius 2 is 2.24 bits per heavy atom. The fourth-order valence-electron chi connectivity index (χ4n) is 1.25. The first-order valence-electron chi connectivity index (χ1n) is 5.15. The van der Waals surface area contributed by atoms with E-state index in [4.69, 9.17) is 4.74 Å². The Kier molecular flexibility index (Phi) is 5.00. The second-order valence-corrected chi connectivity index (χ2v) is 3.37. The fraction of sp³-hybridized carbons (Fsp3) is 0.333. The highest BCUT2D eigenvalue weighted by Crippen LogP contribution is 2.22. The number of rotatable bonds is 6. The zero-order valence-corrected chi connectivity index (χ0v) is 9.51. The molecular formula is C12H14O5. The number of phenols is 1. The number of esters is 1. The molecule has 0 aliphatic carbocycles. The SMILES string of the molecule is COC(=O)CCCOc1cc(O)ccc1C=O. The number of aldehydes is 1. The van der Waals surface area contributed by atoms with Gasteiger partial charge in [-0.25, -0.2) is 0 Å². The first kappa shape index (κ1) is 13.0. The van der Waals surface area contributed by atoms with Gasteiger partial charge in [0.1, 0.15) is 11.5 Å². The van der Waals surface area contributed by atoms with Crippen LogP contribution in [0.4, 0.5) is 0 Å². The molecule has 5 nitrogen and oxygen atoms in total. The fourth-order valence-corrected chi connectivity index (χ4v) is 1.25. The van der Waals surface area contributed by atoms with Gasteiger partial charge in [0, 0.05) is 12.5 Å². The third-order valence-corrected chi connectivity index (χ3v) is 2.13. The Labute approximate surface area is 99.0 Å². The van der Waals surface area contributed by atoms with Crippen LogP contribution in [0.3, 0.4) is 0 Å². The van der Waals surface area contributed by atoms with Gasteiger partial charge < -0.3 is 14.6 Å². The van der Waals surface area contributed by atoms with Crippen LogP contribution in [0.15, 0.2) is 18.2 Å². The van der Waals surface area contributed by atoms with E-state index in [1.165, 1.54) is 25.3 Å². The molecule has 0 bridgehead atoms. The van der Waals surface area contributed by atoms with Crippen molar-refractivity contribution in [2.45, 2.75) is 12.8 Å². The van der Waals surface area contributed by atoms with Crippen molar-refractivity contribution in [3.8, 4) is 11.5 Å². The summed E-state index contributed by atoms with van der Waals surface area (Å²) in [7, 11) is 1.32. The average molecular weight is 238 g/mol.